The third-order valence-corrected chi connectivity index (χ3v) is 2.31. The van der Waals surface area contributed by atoms with Gasteiger partial charge in [0.05, 0.1) is 0 Å². The fraction of sp³-hybridized carbons (Fsp3) is 0.0909. The first-order valence-corrected chi connectivity index (χ1v) is 4.55. The van der Waals surface area contributed by atoms with Crippen molar-refractivity contribution in [2.24, 2.45) is 7.05 Å². The molecule has 0 aromatic carbocycles. The summed E-state index contributed by atoms with van der Waals surface area (Å²) in [5.41, 5.74) is 7.35. The number of nitrogen functional groups attached to an aromatic ring is 1. The van der Waals surface area contributed by atoms with Gasteiger partial charge in [-0.05, 0) is 29.3 Å². The number of rotatable bonds is 1. The highest BCUT2D eigenvalue weighted by molar-refractivity contribution is 5.65. The highest BCUT2D eigenvalue weighted by Gasteiger charge is 2.02. The SMILES string of the molecule is Cn1c(N)cc(-c2ccncc2)cc1=O. The van der Waals surface area contributed by atoms with Gasteiger partial charge < -0.3 is 5.73 Å². The van der Waals surface area contributed by atoms with Crippen LogP contribution in [-0.4, -0.2) is 9.55 Å². The average molecular weight is 201 g/mol. The summed E-state index contributed by atoms with van der Waals surface area (Å²) in [7, 11) is 1.65. The minimum Gasteiger partial charge on any atom is -0.385 e. The molecule has 76 valence electrons. The van der Waals surface area contributed by atoms with E-state index in [2.05, 4.69) is 4.98 Å². The maximum atomic E-state index is 11.5. The molecule has 2 rings (SSSR count). The van der Waals surface area contributed by atoms with E-state index in [9.17, 15) is 4.79 Å². The lowest BCUT2D eigenvalue weighted by atomic mass is 10.1. The molecule has 2 aromatic rings. The van der Waals surface area contributed by atoms with E-state index < -0.39 is 0 Å². The summed E-state index contributed by atoms with van der Waals surface area (Å²) < 4.78 is 1.41. The van der Waals surface area contributed by atoms with Crippen molar-refractivity contribution >= 4 is 5.82 Å². The van der Waals surface area contributed by atoms with Crippen LogP contribution in [0.5, 0.6) is 0 Å². The van der Waals surface area contributed by atoms with Crippen LogP contribution in [-0.2, 0) is 7.05 Å². The predicted octanol–water partition coefficient (Wildman–Crippen LogP) is 1.03. The molecule has 15 heavy (non-hydrogen) atoms. The zero-order chi connectivity index (χ0) is 10.8. The van der Waals surface area contributed by atoms with Crippen LogP contribution in [0.3, 0.4) is 0 Å². The van der Waals surface area contributed by atoms with Crippen LogP contribution >= 0.6 is 0 Å². The maximum absolute atomic E-state index is 11.5. The summed E-state index contributed by atoms with van der Waals surface area (Å²) in [4.78, 5) is 15.4. The molecule has 2 aromatic heterocycles. The normalized spacial score (nSPS) is 10.2. The Labute approximate surface area is 87.0 Å². The van der Waals surface area contributed by atoms with Crippen molar-refractivity contribution in [1.82, 2.24) is 9.55 Å². The first-order chi connectivity index (χ1) is 7.18. The molecule has 0 fully saturated rings. The fourth-order valence-electron chi connectivity index (χ4n) is 1.37. The second-order valence-electron chi connectivity index (χ2n) is 3.30. The molecule has 0 atom stereocenters. The van der Waals surface area contributed by atoms with E-state index >= 15 is 0 Å². The van der Waals surface area contributed by atoms with E-state index in [0.717, 1.165) is 11.1 Å². The molecule has 2 N–H and O–H groups in total. The Kier molecular flexibility index (Phi) is 2.25. The van der Waals surface area contributed by atoms with Gasteiger partial charge in [-0.25, -0.2) is 0 Å². The monoisotopic (exact) mass is 201 g/mol. The van der Waals surface area contributed by atoms with Crippen molar-refractivity contribution in [3.8, 4) is 11.1 Å². The van der Waals surface area contributed by atoms with E-state index in [1.165, 1.54) is 4.57 Å². The number of hydrogen-bond acceptors (Lipinski definition) is 3. The maximum Gasteiger partial charge on any atom is 0.252 e. The molecule has 0 bridgehead atoms. The van der Waals surface area contributed by atoms with Gasteiger partial charge in [0.25, 0.3) is 5.56 Å². The summed E-state index contributed by atoms with van der Waals surface area (Å²) in [6.45, 7) is 0. The number of nitrogens with zero attached hydrogens (tertiary/aromatic N) is 2. The minimum absolute atomic E-state index is 0.109. The van der Waals surface area contributed by atoms with Gasteiger partial charge in [0, 0.05) is 25.5 Å². The van der Waals surface area contributed by atoms with Gasteiger partial charge in [-0.15, -0.1) is 0 Å². The fourth-order valence-corrected chi connectivity index (χ4v) is 1.37. The molecular weight excluding hydrogens is 190 g/mol. The molecule has 0 aliphatic carbocycles. The van der Waals surface area contributed by atoms with E-state index in [1.807, 2.05) is 12.1 Å². The van der Waals surface area contributed by atoms with Gasteiger partial charge >= 0.3 is 0 Å². The Morgan fingerprint density at radius 3 is 2.47 bits per heavy atom. The van der Waals surface area contributed by atoms with E-state index in [1.54, 1.807) is 31.6 Å². The Balaban J connectivity index is 2.61. The topological polar surface area (TPSA) is 60.9 Å². The lowest BCUT2D eigenvalue weighted by Gasteiger charge is -2.06. The number of anilines is 1. The van der Waals surface area contributed by atoms with Crippen molar-refractivity contribution in [2.75, 3.05) is 5.73 Å². The molecule has 0 spiro atoms. The van der Waals surface area contributed by atoms with Crippen LogP contribution in [0.2, 0.25) is 0 Å². The van der Waals surface area contributed by atoms with Gasteiger partial charge in [-0.2, -0.15) is 0 Å². The molecule has 4 nitrogen and oxygen atoms in total. The lowest BCUT2D eigenvalue weighted by molar-refractivity contribution is 0.876. The number of pyridine rings is 2. The first kappa shape index (κ1) is 9.45. The van der Waals surface area contributed by atoms with Crippen LogP contribution in [0.25, 0.3) is 11.1 Å². The largest absolute Gasteiger partial charge is 0.385 e. The van der Waals surface area contributed by atoms with E-state index in [0.29, 0.717) is 5.82 Å². The Morgan fingerprint density at radius 1 is 1.20 bits per heavy atom. The molecule has 0 saturated heterocycles. The standard InChI is InChI=1S/C11H11N3O/c1-14-10(12)6-9(7-11(14)15)8-2-4-13-5-3-8/h2-7H,12H2,1H3. The molecule has 0 aliphatic heterocycles. The summed E-state index contributed by atoms with van der Waals surface area (Å²) in [6.07, 6.45) is 3.37. The van der Waals surface area contributed by atoms with Crippen LogP contribution in [0, 0.1) is 0 Å². The van der Waals surface area contributed by atoms with Crippen molar-refractivity contribution in [3.63, 3.8) is 0 Å². The zero-order valence-electron chi connectivity index (χ0n) is 8.34. The summed E-state index contributed by atoms with van der Waals surface area (Å²) in [5.74, 6) is 0.453. The van der Waals surface area contributed by atoms with E-state index in [-0.39, 0.29) is 5.56 Å². The van der Waals surface area contributed by atoms with Gasteiger partial charge in [-0.3, -0.25) is 14.3 Å². The van der Waals surface area contributed by atoms with Gasteiger partial charge in [-0.1, -0.05) is 0 Å². The van der Waals surface area contributed by atoms with Crippen LogP contribution in [0.4, 0.5) is 5.82 Å². The Morgan fingerprint density at radius 2 is 1.87 bits per heavy atom. The number of nitrogens with two attached hydrogens (primary N) is 1. The van der Waals surface area contributed by atoms with Crippen molar-refractivity contribution < 1.29 is 0 Å². The second kappa shape index (κ2) is 3.57. The molecule has 0 unspecified atom stereocenters. The highest BCUT2D eigenvalue weighted by Crippen LogP contribution is 2.17. The van der Waals surface area contributed by atoms with Gasteiger partial charge in [0.1, 0.15) is 5.82 Å². The van der Waals surface area contributed by atoms with Gasteiger partial charge in [0.15, 0.2) is 0 Å². The molecule has 0 saturated carbocycles. The van der Waals surface area contributed by atoms with Crippen molar-refractivity contribution in [3.05, 3.63) is 47.0 Å². The molecular formula is C11H11N3O. The van der Waals surface area contributed by atoms with E-state index in [4.69, 9.17) is 5.73 Å². The van der Waals surface area contributed by atoms with Crippen molar-refractivity contribution in [2.45, 2.75) is 0 Å². The van der Waals surface area contributed by atoms with Crippen LogP contribution < -0.4 is 11.3 Å². The van der Waals surface area contributed by atoms with Gasteiger partial charge in [0.2, 0.25) is 0 Å². The highest BCUT2D eigenvalue weighted by atomic mass is 16.1. The minimum atomic E-state index is -0.109. The predicted molar refractivity (Wildman–Crippen MR) is 59.3 cm³/mol. The summed E-state index contributed by atoms with van der Waals surface area (Å²) in [5, 5.41) is 0. The smallest absolute Gasteiger partial charge is 0.252 e. The third kappa shape index (κ3) is 1.74. The Bertz CT molecular complexity index is 531. The zero-order valence-corrected chi connectivity index (χ0v) is 8.34. The molecule has 0 amide bonds. The molecule has 0 aliphatic rings. The van der Waals surface area contributed by atoms with Crippen LogP contribution in [0.1, 0.15) is 0 Å². The quantitative estimate of drug-likeness (QED) is 0.749. The third-order valence-electron chi connectivity index (χ3n) is 2.31. The molecule has 0 radical (unpaired) electrons. The number of hydrogen-bond donors (Lipinski definition) is 1. The summed E-state index contributed by atoms with van der Waals surface area (Å²) >= 11 is 0. The molecule has 2 heterocycles. The number of aromatic nitrogens is 2. The average Bonchev–Trinajstić information content (AvgIpc) is 2.26. The first-order valence-electron chi connectivity index (χ1n) is 4.55. The second-order valence-corrected chi connectivity index (χ2v) is 3.30. The lowest BCUT2D eigenvalue weighted by Crippen LogP contribution is -2.18. The van der Waals surface area contributed by atoms with Crippen LogP contribution in [0.15, 0.2) is 41.5 Å². The summed E-state index contributed by atoms with van der Waals surface area (Å²) in [6, 6.07) is 7.02. The Hall–Kier alpha value is -2.10. The van der Waals surface area contributed by atoms with Crippen molar-refractivity contribution in [1.29, 1.82) is 0 Å². The molecule has 4 heteroatoms.